The molecule has 0 saturated carbocycles. The van der Waals surface area contributed by atoms with Gasteiger partial charge in [-0.1, -0.05) is 30.3 Å². The Hall–Kier alpha value is -3.93. The van der Waals surface area contributed by atoms with E-state index in [-0.39, 0.29) is 23.0 Å². The molecule has 1 amide bonds. The van der Waals surface area contributed by atoms with Crippen LogP contribution in [0.3, 0.4) is 0 Å². The smallest absolute Gasteiger partial charge is 0.262 e. The van der Waals surface area contributed by atoms with Crippen LogP contribution in [0, 0.1) is 0 Å². The average Bonchev–Trinajstić information content (AvgIpc) is 2.77. The standard InChI is InChI=1S/C24H19N3O3/c28-18-8-9-20(22(29)13-18)24(30)27-11-3-5-15-12-16(7-10-21(15)27)23-19-6-2-1-4-17(19)14-25-26-23/h1-2,4,6-10,12-14,28-29H,3,5,11H2. The molecule has 30 heavy (non-hydrogen) atoms. The first-order valence-electron chi connectivity index (χ1n) is 9.79. The van der Waals surface area contributed by atoms with Gasteiger partial charge in [0.05, 0.1) is 11.8 Å². The lowest BCUT2D eigenvalue weighted by Gasteiger charge is -2.30. The first kappa shape index (κ1) is 18.1. The highest BCUT2D eigenvalue weighted by Gasteiger charge is 2.26. The molecule has 4 aromatic rings. The Morgan fingerprint density at radius 3 is 2.73 bits per heavy atom. The van der Waals surface area contributed by atoms with E-state index in [0.717, 1.165) is 46.1 Å². The molecule has 0 fully saturated rings. The number of aromatic nitrogens is 2. The van der Waals surface area contributed by atoms with E-state index in [1.807, 2.05) is 36.4 Å². The number of fused-ring (bicyclic) bond motifs is 2. The maximum Gasteiger partial charge on any atom is 0.262 e. The molecule has 0 aliphatic carbocycles. The maximum atomic E-state index is 13.1. The minimum atomic E-state index is -0.286. The van der Waals surface area contributed by atoms with Crippen LogP contribution in [0.4, 0.5) is 5.69 Å². The highest BCUT2D eigenvalue weighted by Crippen LogP contribution is 2.35. The van der Waals surface area contributed by atoms with Crippen LogP contribution in [0.5, 0.6) is 11.5 Å². The number of amides is 1. The molecular weight excluding hydrogens is 378 g/mol. The number of carbonyl (C=O) groups is 1. The normalized spacial score (nSPS) is 13.3. The first-order valence-corrected chi connectivity index (χ1v) is 9.79. The van der Waals surface area contributed by atoms with Crippen LogP contribution in [0.1, 0.15) is 22.3 Å². The second-order valence-electron chi connectivity index (χ2n) is 7.39. The second kappa shape index (κ2) is 7.15. The molecule has 1 aliphatic heterocycles. The summed E-state index contributed by atoms with van der Waals surface area (Å²) >= 11 is 0. The number of hydrogen-bond donors (Lipinski definition) is 2. The van der Waals surface area contributed by atoms with Crippen molar-refractivity contribution in [3.05, 3.63) is 78.0 Å². The Kier molecular flexibility index (Phi) is 4.32. The average molecular weight is 397 g/mol. The highest BCUT2D eigenvalue weighted by molar-refractivity contribution is 6.08. The Morgan fingerprint density at radius 2 is 1.87 bits per heavy atom. The lowest BCUT2D eigenvalue weighted by atomic mass is 9.96. The predicted molar refractivity (Wildman–Crippen MR) is 115 cm³/mol. The van der Waals surface area contributed by atoms with Crippen molar-refractivity contribution in [2.24, 2.45) is 0 Å². The minimum absolute atomic E-state index is 0.0797. The molecule has 3 aromatic carbocycles. The van der Waals surface area contributed by atoms with Gasteiger partial charge in [0.2, 0.25) is 0 Å². The summed E-state index contributed by atoms with van der Waals surface area (Å²) < 4.78 is 0. The van der Waals surface area contributed by atoms with E-state index in [9.17, 15) is 15.0 Å². The summed E-state index contributed by atoms with van der Waals surface area (Å²) in [5.74, 6) is -0.593. The number of hydrogen-bond acceptors (Lipinski definition) is 5. The topological polar surface area (TPSA) is 86.5 Å². The fourth-order valence-corrected chi connectivity index (χ4v) is 4.04. The summed E-state index contributed by atoms with van der Waals surface area (Å²) in [4.78, 5) is 14.8. The van der Waals surface area contributed by atoms with E-state index in [1.54, 1.807) is 11.1 Å². The van der Waals surface area contributed by atoms with Gasteiger partial charge in [-0.15, -0.1) is 5.10 Å². The molecule has 148 valence electrons. The second-order valence-corrected chi connectivity index (χ2v) is 7.39. The lowest BCUT2D eigenvalue weighted by molar-refractivity contribution is 0.0982. The van der Waals surface area contributed by atoms with Crippen molar-refractivity contribution in [1.29, 1.82) is 0 Å². The van der Waals surface area contributed by atoms with Crippen molar-refractivity contribution in [3.8, 4) is 22.8 Å². The number of aromatic hydroxyl groups is 2. The fourth-order valence-electron chi connectivity index (χ4n) is 4.04. The van der Waals surface area contributed by atoms with Crippen LogP contribution < -0.4 is 4.90 Å². The third kappa shape index (κ3) is 3.03. The Balaban J connectivity index is 1.55. The molecule has 1 aromatic heterocycles. The zero-order chi connectivity index (χ0) is 20.7. The van der Waals surface area contributed by atoms with Gasteiger partial charge in [0.15, 0.2) is 0 Å². The van der Waals surface area contributed by atoms with Crippen LogP contribution in [-0.4, -0.2) is 32.9 Å². The van der Waals surface area contributed by atoms with Crippen molar-refractivity contribution < 1.29 is 15.0 Å². The molecule has 2 N–H and O–H groups in total. The van der Waals surface area contributed by atoms with E-state index in [1.165, 1.54) is 18.2 Å². The molecule has 1 aliphatic rings. The van der Waals surface area contributed by atoms with Crippen LogP contribution in [0.25, 0.3) is 22.0 Å². The van der Waals surface area contributed by atoms with Crippen LogP contribution >= 0.6 is 0 Å². The van der Waals surface area contributed by atoms with E-state index < -0.39 is 0 Å². The van der Waals surface area contributed by atoms with E-state index >= 15 is 0 Å². The van der Waals surface area contributed by atoms with Gasteiger partial charge in [0, 0.05) is 34.6 Å². The molecule has 0 bridgehead atoms. The SMILES string of the molecule is O=C(c1ccc(O)cc1O)N1CCCc2cc(-c3nncc4ccccc34)ccc21. The number of rotatable bonds is 2. The molecule has 6 heteroatoms. The Labute approximate surface area is 173 Å². The molecule has 2 heterocycles. The van der Waals surface area contributed by atoms with Crippen LogP contribution in [-0.2, 0) is 6.42 Å². The molecule has 5 rings (SSSR count). The Morgan fingerprint density at radius 1 is 1.00 bits per heavy atom. The van der Waals surface area contributed by atoms with Crippen LogP contribution in [0.15, 0.2) is 66.9 Å². The number of carbonyl (C=O) groups excluding carboxylic acids is 1. The molecule has 0 atom stereocenters. The van der Waals surface area contributed by atoms with Gasteiger partial charge in [0.1, 0.15) is 17.2 Å². The third-order valence-corrected chi connectivity index (χ3v) is 5.50. The number of nitrogens with zero attached hydrogens (tertiary/aromatic N) is 3. The summed E-state index contributed by atoms with van der Waals surface area (Å²) in [6.07, 6.45) is 3.43. The number of phenols is 2. The minimum Gasteiger partial charge on any atom is -0.508 e. The van der Waals surface area contributed by atoms with E-state index in [4.69, 9.17) is 0 Å². The largest absolute Gasteiger partial charge is 0.508 e. The Bertz CT molecular complexity index is 1280. The van der Waals surface area contributed by atoms with E-state index in [0.29, 0.717) is 6.54 Å². The van der Waals surface area contributed by atoms with Gasteiger partial charge in [-0.25, -0.2) is 0 Å². The summed E-state index contributed by atoms with van der Waals surface area (Å²) in [6.45, 7) is 0.569. The monoisotopic (exact) mass is 397 g/mol. The maximum absolute atomic E-state index is 13.1. The van der Waals surface area contributed by atoms with Crippen LogP contribution in [0.2, 0.25) is 0 Å². The van der Waals surface area contributed by atoms with Gasteiger partial charge in [-0.2, -0.15) is 5.10 Å². The van der Waals surface area contributed by atoms with Gasteiger partial charge in [-0.3, -0.25) is 4.79 Å². The molecular formula is C24H19N3O3. The fraction of sp³-hybridized carbons (Fsp3) is 0.125. The number of benzene rings is 3. The van der Waals surface area contributed by atoms with Crippen molar-refractivity contribution in [2.45, 2.75) is 12.8 Å². The quantitative estimate of drug-likeness (QED) is 0.527. The van der Waals surface area contributed by atoms with E-state index in [2.05, 4.69) is 16.3 Å². The zero-order valence-electron chi connectivity index (χ0n) is 16.1. The van der Waals surface area contributed by atoms with Gasteiger partial charge >= 0.3 is 0 Å². The van der Waals surface area contributed by atoms with Crippen molar-refractivity contribution in [3.63, 3.8) is 0 Å². The highest BCUT2D eigenvalue weighted by atomic mass is 16.3. The summed E-state index contributed by atoms with van der Waals surface area (Å²) in [7, 11) is 0. The third-order valence-electron chi connectivity index (χ3n) is 5.50. The molecule has 0 unspecified atom stereocenters. The summed E-state index contributed by atoms with van der Waals surface area (Å²) in [6, 6.07) is 18.0. The molecule has 6 nitrogen and oxygen atoms in total. The number of aryl methyl sites for hydroxylation is 1. The van der Waals surface area contributed by atoms with Crippen molar-refractivity contribution in [1.82, 2.24) is 10.2 Å². The lowest BCUT2D eigenvalue weighted by Crippen LogP contribution is -2.35. The van der Waals surface area contributed by atoms with Crippen molar-refractivity contribution >= 4 is 22.4 Å². The number of anilines is 1. The number of phenolic OH excluding ortho intramolecular Hbond substituents is 2. The van der Waals surface area contributed by atoms with Gasteiger partial charge < -0.3 is 15.1 Å². The summed E-state index contributed by atoms with van der Waals surface area (Å²) in [5.41, 5.74) is 3.83. The summed E-state index contributed by atoms with van der Waals surface area (Å²) in [5, 5.41) is 30.2. The molecule has 0 saturated heterocycles. The molecule has 0 radical (unpaired) electrons. The van der Waals surface area contributed by atoms with Gasteiger partial charge in [0.25, 0.3) is 5.91 Å². The first-order chi connectivity index (χ1) is 14.6. The molecule has 0 spiro atoms. The van der Waals surface area contributed by atoms with Crippen molar-refractivity contribution in [2.75, 3.05) is 11.4 Å². The zero-order valence-corrected chi connectivity index (χ0v) is 16.1. The predicted octanol–water partition coefficient (Wildman–Crippen LogP) is 4.30. The van der Waals surface area contributed by atoms with Gasteiger partial charge in [-0.05, 0) is 42.7 Å².